The second-order valence-corrected chi connectivity index (χ2v) is 7.19. The van der Waals surface area contributed by atoms with Crippen molar-refractivity contribution in [2.75, 3.05) is 7.11 Å². The molecule has 2 aliphatic carbocycles. The second kappa shape index (κ2) is 6.21. The molecule has 2 aliphatic rings. The zero-order valence-electron chi connectivity index (χ0n) is 13.1. The normalized spacial score (nSPS) is 30.7. The van der Waals surface area contributed by atoms with Gasteiger partial charge in [-0.15, -0.1) is 0 Å². The highest BCUT2D eigenvalue weighted by Crippen LogP contribution is 2.42. The first-order chi connectivity index (χ1) is 10.1. The van der Waals surface area contributed by atoms with Crippen LogP contribution in [0.15, 0.2) is 6.07 Å². The van der Waals surface area contributed by atoms with Crippen molar-refractivity contribution >= 4 is 11.6 Å². The van der Waals surface area contributed by atoms with Gasteiger partial charge in [0, 0.05) is 18.7 Å². The van der Waals surface area contributed by atoms with E-state index in [-0.39, 0.29) is 5.60 Å². The molecule has 4 heteroatoms. The third-order valence-electron chi connectivity index (χ3n) is 5.37. The van der Waals surface area contributed by atoms with Gasteiger partial charge in [-0.2, -0.15) is 0 Å². The summed E-state index contributed by atoms with van der Waals surface area (Å²) in [7, 11) is 1.79. The molecule has 0 aliphatic heterocycles. The van der Waals surface area contributed by atoms with Crippen LogP contribution in [0.4, 0.5) is 0 Å². The lowest BCUT2D eigenvalue weighted by molar-refractivity contribution is -0.0599. The lowest BCUT2D eigenvalue weighted by atomic mass is 9.79. The Morgan fingerprint density at radius 3 is 2.43 bits per heavy atom. The number of halogens is 1. The van der Waals surface area contributed by atoms with Gasteiger partial charge in [0.05, 0.1) is 0 Å². The standard InChI is InChI=1S/C17H25ClN2O/c1-12-7-9-17(21-2,10-8-12)16-19-14(11-15(18)20-16)13-5-3-4-6-13/h11-13H,3-10H2,1-2H3. The Morgan fingerprint density at radius 1 is 1.14 bits per heavy atom. The van der Waals surface area contributed by atoms with Gasteiger partial charge in [-0.3, -0.25) is 0 Å². The highest BCUT2D eigenvalue weighted by Gasteiger charge is 2.39. The van der Waals surface area contributed by atoms with Gasteiger partial charge in [-0.1, -0.05) is 31.4 Å². The molecule has 116 valence electrons. The molecule has 3 rings (SSSR count). The van der Waals surface area contributed by atoms with Crippen molar-refractivity contribution < 1.29 is 4.74 Å². The summed E-state index contributed by atoms with van der Waals surface area (Å²) in [5.41, 5.74) is 0.794. The largest absolute Gasteiger partial charge is 0.370 e. The van der Waals surface area contributed by atoms with E-state index in [1.54, 1.807) is 7.11 Å². The van der Waals surface area contributed by atoms with Crippen molar-refractivity contribution in [3.63, 3.8) is 0 Å². The van der Waals surface area contributed by atoms with E-state index in [0.29, 0.717) is 11.1 Å². The maximum atomic E-state index is 6.29. The monoisotopic (exact) mass is 308 g/mol. The minimum Gasteiger partial charge on any atom is -0.370 e. The molecule has 3 nitrogen and oxygen atoms in total. The summed E-state index contributed by atoms with van der Waals surface area (Å²) in [5.74, 6) is 2.13. The van der Waals surface area contributed by atoms with Gasteiger partial charge in [0.2, 0.25) is 0 Å². The minimum atomic E-state index is -0.329. The van der Waals surface area contributed by atoms with E-state index in [1.807, 2.05) is 6.07 Å². The molecule has 2 fully saturated rings. The quantitative estimate of drug-likeness (QED) is 0.749. The van der Waals surface area contributed by atoms with Crippen LogP contribution in [-0.4, -0.2) is 17.1 Å². The molecule has 0 unspecified atom stereocenters. The maximum Gasteiger partial charge on any atom is 0.162 e. The molecular formula is C17H25ClN2O. The van der Waals surface area contributed by atoms with E-state index in [4.69, 9.17) is 21.3 Å². The fourth-order valence-electron chi connectivity index (χ4n) is 3.82. The van der Waals surface area contributed by atoms with E-state index >= 15 is 0 Å². The zero-order chi connectivity index (χ0) is 14.9. The Labute approximate surface area is 132 Å². The van der Waals surface area contributed by atoms with Crippen molar-refractivity contribution in [2.24, 2.45) is 5.92 Å². The molecule has 0 atom stereocenters. The molecule has 0 radical (unpaired) electrons. The first kappa shape index (κ1) is 15.2. The van der Waals surface area contributed by atoms with Crippen LogP contribution in [0.5, 0.6) is 0 Å². The Balaban J connectivity index is 1.92. The van der Waals surface area contributed by atoms with Gasteiger partial charge in [0.15, 0.2) is 5.82 Å². The predicted octanol–water partition coefficient (Wildman–Crippen LogP) is 4.84. The lowest BCUT2D eigenvalue weighted by Gasteiger charge is -2.37. The van der Waals surface area contributed by atoms with Gasteiger partial charge in [0.25, 0.3) is 0 Å². The van der Waals surface area contributed by atoms with E-state index in [0.717, 1.165) is 30.3 Å². The Hall–Kier alpha value is -0.670. The Bertz CT molecular complexity index is 492. The maximum absolute atomic E-state index is 6.29. The van der Waals surface area contributed by atoms with E-state index in [9.17, 15) is 0 Å². The van der Waals surface area contributed by atoms with Gasteiger partial charge in [-0.25, -0.2) is 9.97 Å². The number of rotatable bonds is 3. The van der Waals surface area contributed by atoms with Crippen LogP contribution < -0.4 is 0 Å². The van der Waals surface area contributed by atoms with Crippen molar-refractivity contribution in [3.8, 4) is 0 Å². The van der Waals surface area contributed by atoms with Crippen LogP contribution in [0.1, 0.15) is 75.7 Å². The van der Waals surface area contributed by atoms with Crippen molar-refractivity contribution in [1.82, 2.24) is 9.97 Å². The third-order valence-corrected chi connectivity index (χ3v) is 5.56. The van der Waals surface area contributed by atoms with Crippen LogP contribution >= 0.6 is 11.6 Å². The number of aromatic nitrogens is 2. The van der Waals surface area contributed by atoms with Gasteiger partial charge < -0.3 is 4.74 Å². The highest BCUT2D eigenvalue weighted by atomic mass is 35.5. The summed E-state index contributed by atoms with van der Waals surface area (Å²) >= 11 is 6.29. The predicted molar refractivity (Wildman–Crippen MR) is 84.6 cm³/mol. The first-order valence-electron chi connectivity index (χ1n) is 8.23. The first-order valence-corrected chi connectivity index (χ1v) is 8.61. The topological polar surface area (TPSA) is 35.0 Å². The van der Waals surface area contributed by atoms with Crippen LogP contribution in [0.3, 0.4) is 0 Å². The number of nitrogens with zero attached hydrogens (tertiary/aromatic N) is 2. The second-order valence-electron chi connectivity index (χ2n) is 6.80. The summed E-state index contributed by atoms with van der Waals surface area (Å²) in [6, 6.07) is 1.95. The molecule has 2 saturated carbocycles. The van der Waals surface area contributed by atoms with E-state index in [1.165, 1.54) is 38.5 Å². The van der Waals surface area contributed by atoms with Crippen molar-refractivity contribution in [3.05, 3.63) is 22.7 Å². The average Bonchev–Trinajstić information content (AvgIpc) is 3.02. The van der Waals surface area contributed by atoms with Gasteiger partial charge >= 0.3 is 0 Å². The Morgan fingerprint density at radius 2 is 1.81 bits per heavy atom. The summed E-state index contributed by atoms with van der Waals surface area (Å²) < 4.78 is 5.90. The van der Waals surface area contributed by atoms with Crippen LogP contribution in [0, 0.1) is 5.92 Å². The number of methoxy groups -OCH3 is 1. The van der Waals surface area contributed by atoms with Crippen LogP contribution in [-0.2, 0) is 10.3 Å². The highest BCUT2D eigenvalue weighted by molar-refractivity contribution is 6.29. The summed E-state index contributed by atoms with van der Waals surface area (Å²) in [5, 5.41) is 0.567. The van der Waals surface area contributed by atoms with Crippen LogP contribution in [0.2, 0.25) is 5.15 Å². The fourth-order valence-corrected chi connectivity index (χ4v) is 4.01. The molecule has 21 heavy (non-hydrogen) atoms. The van der Waals surface area contributed by atoms with Gasteiger partial charge in [-0.05, 0) is 50.5 Å². The zero-order valence-corrected chi connectivity index (χ0v) is 13.8. The summed E-state index contributed by atoms with van der Waals surface area (Å²) in [4.78, 5) is 9.41. The number of ether oxygens (including phenoxy) is 1. The Kier molecular flexibility index (Phi) is 4.51. The molecule has 0 amide bonds. The molecule has 1 heterocycles. The molecule has 0 saturated heterocycles. The molecule has 0 spiro atoms. The van der Waals surface area contributed by atoms with Crippen LogP contribution in [0.25, 0.3) is 0 Å². The number of hydrogen-bond acceptors (Lipinski definition) is 3. The SMILES string of the molecule is COC1(c2nc(Cl)cc(C3CCCC3)n2)CCC(C)CC1. The summed E-state index contributed by atoms with van der Waals surface area (Å²) in [6.07, 6.45) is 9.38. The van der Waals surface area contributed by atoms with Crippen molar-refractivity contribution in [2.45, 2.75) is 69.8 Å². The molecular weight excluding hydrogens is 284 g/mol. The van der Waals surface area contributed by atoms with E-state index in [2.05, 4.69) is 11.9 Å². The minimum absolute atomic E-state index is 0.329. The number of hydrogen-bond donors (Lipinski definition) is 0. The van der Waals surface area contributed by atoms with Gasteiger partial charge in [0.1, 0.15) is 10.8 Å². The fraction of sp³-hybridized carbons (Fsp3) is 0.765. The molecule has 1 aromatic heterocycles. The molecule has 0 bridgehead atoms. The van der Waals surface area contributed by atoms with E-state index < -0.39 is 0 Å². The molecule has 0 aromatic carbocycles. The van der Waals surface area contributed by atoms with Crippen molar-refractivity contribution in [1.29, 1.82) is 0 Å². The molecule has 0 N–H and O–H groups in total. The summed E-state index contributed by atoms with van der Waals surface area (Å²) in [6.45, 7) is 2.31. The third kappa shape index (κ3) is 3.09. The lowest BCUT2D eigenvalue weighted by Crippen LogP contribution is -2.35. The average molecular weight is 309 g/mol. The smallest absolute Gasteiger partial charge is 0.162 e. The molecule has 1 aromatic rings.